The van der Waals surface area contributed by atoms with E-state index in [0.717, 1.165) is 5.56 Å². The zero-order chi connectivity index (χ0) is 34.2. The minimum Gasteiger partial charge on any atom is -0.491 e. The lowest BCUT2D eigenvalue weighted by Crippen LogP contribution is -2.45. The third-order valence-corrected chi connectivity index (χ3v) is 8.07. The average molecular weight is 645 g/mol. The van der Waals surface area contributed by atoms with E-state index in [1.165, 1.54) is 21.1 Å². The molecule has 47 heavy (non-hydrogen) atoms. The second-order valence-corrected chi connectivity index (χ2v) is 11.8. The molecule has 4 rings (SSSR count). The van der Waals surface area contributed by atoms with Crippen LogP contribution in [0.4, 0.5) is 5.69 Å². The number of nitrogens with zero attached hydrogens (tertiary/aromatic N) is 1. The third kappa shape index (κ3) is 8.03. The van der Waals surface area contributed by atoms with Crippen LogP contribution in [0.25, 0.3) is 0 Å². The van der Waals surface area contributed by atoms with E-state index in [4.69, 9.17) is 18.9 Å². The summed E-state index contributed by atoms with van der Waals surface area (Å²) >= 11 is 0. The second kappa shape index (κ2) is 15.5. The molecule has 0 unspecified atom stereocenters. The van der Waals surface area contributed by atoms with Crippen molar-refractivity contribution >= 4 is 34.8 Å². The zero-order valence-electron chi connectivity index (χ0n) is 27.4. The molecule has 11 heteroatoms. The van der Waals surface area contributed by atoms with Gasteiger partial charge in [0.2, 0.25) is 29.0 Å². The number of methoxy groups -OCH3 is 2. The number of hydrogen-bond acceptors (Lipinski definition) is 11. The van der Waals surface area contributed by atoms with Crippen LogP contribution in [0, 0.1) is 24.7 Å². The number of hydrogen-bond donors (Lipinski definition) is 1. The fourth-order valence-corrected chi connectivity index (χ4v) is 5.45. The molecule has 2 aromatic carbocycles. The van der Waals surface area contributed by atoms with Gasteiger partial charge in [0.15, 0.2) is 11.5 Å². The monoisotopic (exact) mass is 644 g/mol. The van der Waals surface area contributed by atoms with Gasteiger partial charge in [0, 0.05) is 6.42 Å². The summed E-state index contributed by atoms with van der Waals surface area (Å²) in [4.78, 5) is 72.4. The first-order chi connectivity index (χ1) is 22.5. The van der Waals surface area contributed by atoms with Crippen molar-refractivity contribution in [3.63, 3.8) is 0 Å². The summed E-state index contributed by atoms with van der Waals surface area (Å²) < 4.78 is 23.0. The van der Waals surface area contributed by atoms with Crippen molar-refractivity contribution in [2.75, 3.05) is 19.5 Å². The van der Waals surface area contributed by atoms with E-state index >= 15 is 0 Å². The molecule has 0 bridgehead atoms. The van der Waals surface area contributed by atoms with Gasteiger partial charge in [0.1, 0.15) is 24.4 Å². The number of ketones is 4. The van der Waals surface area contributed by atoms with E-state index in [1.54, 1.807) is 51.1 Å². The van der Waals surface area contributed by atoms with Crippen LogP contribution in [0.3, 0.4) is 0 Å². The predicted octanol–water partition coefficient (Wildman–Crippen LogP) is 4.51. The molecule has 0 radical (unpaired) electrons. The van der Waals surface area contributed by atoms with Gasteiger partial charge in [-0.3, -0.25) is 24.0 Å². The molecule has 0 amide bonds. The number of aromatic nitrogens is 1. The predicted molar refractivity (Wildman–Crippen MR) is 172 cm³/mol. The Labute approximate surface area is 274 Å². The van der Waals surface area contributed by atoms with Gasteiger partial charge in [-0.05, 0) is 24.5 Å². The molecule has 0 saturated heterocycles. The smallest absolute Gasteiger partial charge is 0.308 e. The average Bonchev–Trinajstić information content (AvgIpc) is 3.09. The number of Topliss-reactive ketones (excluding diaryl/α,β-unsaturated/α-hetero) is 4. The summed E-state index contributed by atoms with van der Waals surface area (Å²) in [5, 5.41) is 2.93. The van der Waals surface area contributed by atoms with E-state index < -0.39 is 65.4 Å². The fourth-order valence-electron chi connectivity index (χ4n) is 5.45. The van der Waals surface area contributed by atoms with E-state index in [2.05, 4.69) is 10.3 Å². The van der Waals surface area contributed by atoms with Crippen LogP contribution in [-0.2, 0) is 41.7 Å². The highest BCUT2D eigenvalue weighted by molar-refractivity contribution is 6.44. The van der Waals surface area contributed by atoms with Gasteiger partial charge >= 0.3 is 5.97 Å². The Balaban J connectivity index is 1.74. The van der Waals surface area contributed by atoms with Crippen LogP contribution in [0.2, 0.25) is 0 Å². The second-order valence-electron chi connectivity index (χ2n) is 11.8. The molecule has 1 saturated carbocycles. The maximum Gasteiger partial charge on any atom is 0.308 e. The Morgan fingerprint density at radius 2 is 1.49 bits per heavy atom. The first-order valence-corrected chi connectivity index (χ1v) is 15.4. The van der Waals surface area contributed by atoms with E-state index in [1.807, 2.05) is 30.3 Å². The van der Waals surface area contributed by atoms with E-state index in [-0.39, 0.29) is 36.1 Å². The Bertz CT molecular complexity index is 1620. The number of rotatable bonds is 11. The molecule has 11 nitrogen and oxygen atoms in total. The molecule has 4 atom stereocenters. The molecule has 1 aliphatic rings. The van der Waals surface area contributed by atoms with Crippen molar-refractivity contribution in [3.05, 3.63) is 77.5 Å². The summed E-state index contributed by atoms with van der Waals surface area (Å²) in [5.41, 5.74) is 2.07. The zero-order valence-corrected chi connectivity index (χ0v) is 27.4. The van der Waals surface area contributed by atoms with Crippen LogP contribution in [-0.4, -0.2) is 60.5 Å². The Kier molecular flexibility index (Phi) is 11.5. The van der Waals surface area contributed by atoms with Crippen molar-refractivity contribution < 1.29 is 42.9 Å². The molecule has 1 N–H and O–H groups in total. The van der Waals surface area contributed by atoms with Crippen LogP contribution < -0.4 is 19.5 Å². The molecule has 1 aromatic heterocycles. The van der Waals surface area contributed by atoms with E-state index in [0.29, 0.717) is 11.3 Å². The highest BCUT2D eigenvalue weighted by Crippen LogP contribution is 2.44. The highest BCUT2D eigenvalue weighted by atomic mass is 16.5. The van der Waals surface area contributed by atoms with Gasteiger partial charge in [-0.1, -0.05) is 81.4 Å². The molecule has 0 spiro atoms. The van der Waals surface area contributed by atoms with Crippen LogP contribution in [0.5, 0.6) is 17.4 Å². The Morgan fingerprint density at radius 3 is 2.06 bits per heavy atom. The van der Waals surface area contributed by atoms with Crippen molar-refractivity contribution in [3.8, 4) is 17.4 Å². The summed E-state index contributed by atoms with van der Waals surface area (Å²) in [7, 11) is 2.76. The molecule has 1 fully saturated rings. The van der Waals surface area contributed by atoms with Gasteiger partial charge in [-0.25, -0.2) is 4.98 Å². The molecule has 3 aromatic rings. The molecule has 1 aliphatic carbocycles. The lowest BCUT2D eigenvalue weighted by molar-refractivity contribution is -0.163. The fraction of sp³-hybridized carbons (Fsp3) is 0.389. The molecule has 1 heterocycles. The highest BCUT2D eigenvalue weighted by Gasteiger charge is 2.46. The lowest BCUT2D eigenvalue weighted by Gasteiger charge is -2.29. The van der Waals surface area contributed by atoms with Crippen molar-refractivity contribution in [2.45, 2.75) is 59.3 Å². The van der Waals surface area contributed by atoms with Gasteiger partial charge in [0.05, 0.1) is 37.7 Å². The number of anilines is 1. The largest absolute Gasteiger partial charge is 0.491 e. The van der Waals surface area contributed by atoms with Gasteiger partial charge in [0.25, 0.3) is 0 Å². The number of benzene rings is 2. The Hall–Kier alpha value is -5.06. The molecule has 248 valence electrons. The SMILES string of the molecule is COc1nc(C)c(OCc2ccccc2)c(OC)c1N[C@H]1CC(=O)C(=O)[C@H](Cc2ccccc2)[C@H](OC(=O)C(C)C)[C@H](C)C(=O)C1=O. The van der Waals surface area contributed by atoms with Crippen molar-refractivity contribution in [1.29, 1.82) is 0 Å². The normalized spacial score (nSPS) is 20.2. The van der Waals surface area contributed by atoms with Gasteiger partial charge < -0.3 is 24.3 Å². The number of pyridine rings is 1. The maximum absolute atomic E-state index is 13.9. The lowest BCUT2D eigenvalue weighted by atomic mass is 9.81. The quantitative estimate of drug-likeness (QED) is 0.232. The van der Waals surface area contributed by atoms with Gasteiger partial charge in [-0.2, -0.15) is 0 Å². The number of carbonyl (C=O) groups excluding carboxylic acids is 5. The third-order valence-electron chi connectivity index (χ3n) is 8.07. The standard InChI is InChI=1S/C36H40N2O9/c1-20(2)36(43)47-32-21(3)29(40)31(42)26(18-27(39)30(41)25(32)17-23-13-9-7-10-14-23)38-28-34(44-5)33(22(4)37-35(28)45-6)46-19-24-15-11-8-12-16-24/h7-16,20-21,25-26,32,38H,17-19H2,1-6H3/t21-,25+,26+,32-/m1/s1. The number of esters is 1. The molecular weight excluding hydrogens is 604 g/mol. The minimum atomic E-state index is -1.49. The first-order valence-electron chi connectivity index (χ1n) is 15.4. The van der Waals surface area contributed by atoms with E-state index in [9.17, 15) is 24.0 Å². The maximum atomic E-state index is 13.9. The topological polar surface area (TPSA) is 147 Å². The summed E-state index contributed by atoms with van der Waals surface area (Å²) in [6, 6.07) is 16.8. The summed E-state index contributed by atoms with van der Waals surface area (Å²) in [6.45, 7) is 6.53. The van der Waals surface area contributed by atoms with Crippen LogP contribution in [0.15, 0.2) is 60.7 Å². The summed E-state index contributed by atoms with van der Waals surface area (Å²) in [5.74, 6) is -6.88. The molecular formula is C36H40N2O9. The van der Waals surface area contributed by atoms with Crippen LogP contribution >= 0.6 is 0 Å². The Morgan fingerprint density at radius 1 is 0.872 bits per heavy atom. The van der Waals surface area contributed by atoms with Crippen molar-refractivity contribution in [2.24, 2.45) is 17.8 Å². The van der Waals surface area contributed by atoms with Crippen LogP contribution in [0.1, 0.15) is 44.0 Å². The number of aryl methyl sites for hydroxylation is 1. The molecule has 0 aliphatic heterocycles. The number of carbonyl (C=O) groups is 5. The van der Waals surface area contributed by atoms with Gasteiger partial charge in [-0.15, -0.1) is 0 Å². The summed E-state index contributed by atoms with van der Waals surface area (Å²) in [6.07, 6.45) is -1.97. The number of ether oxygens (including phenoxy) is 4. The number of nitrogens with one attached hydrogen (secondary N) is 1. The first kappa shape index (κ1) is 34.8. The van der Waals surface area contributed by atoms with Crippen molar-refractivity contribution in [1.82, 2.24) is 4.98 Å². The minimum absolute atomic E-state index is 0.0176.